The Labute approximate surface area is 183 Å². The van der Waals surface area contributed by atoms with Gasteiger partial charge in [-0.25, -0.2) is 0 Å². The van der Waals surface area contributed by atoms with Crippen LogP contribution in [0.5, 0.6) is 0 Å². The van der Waals surface area contributed by atoms with Gasteiger partial charge in [0, 0.05) is 57.3 Å². The van der Waals surface area contributed by atoms with Crippen LogP contribution in [0.15, 0.2) is 24.3 Å². The van der Waals surface area contributed by atoms with Gasteiger partial charge in [0.15, 0.2) is 0 Å². The first-order valence-electron chi connectivity index (χ1n) is 10.3. The van der Waals surface area contributed by atoms with E-state index in [1.807, 2.05) is 11.0 Å². The van der Waals surface area contributed by atoms with Gasteiger partial charge in [-0.2, -0.15) is 0 Å². The second kappa shape index (κ2) is 9.96. The van der Waals surface area contributed by atoms with Crippen molar-refractivity contribution in [2.75, 3.05) is 32.7 Å². The first-order chi connectivity index (χ1) is 13.8. The summed E-state index contributed by atoms with van der Waals surface area (Å²) in [5, 5.41) is 0.942. The Morgan fingerprint density at radius 1 is 1.07 bits per heavy atom. The zero-order valence-electron chi connectivity index (χ0n) is 17.1. The molecule has 5 nitrogen and oxygen atoms in total. The number of likely N-dealkylation sites (tertiary alicyclic amines) is 1. The van der Waals surface area contributed by atoms with Crippen LogP contribution in [0.4, 0.5) is 0 Å². The summed E-state index contributed by atoms with van der Waals surface area (Å²) in [6.07, 6.45) is 6.08. The molecule has 7 heteroatoms. The Hall–Kier alpha value is -1.56. The van der Waals surface area contributed by atoms with Crippen molar-refractivity contribution in [3.63, 3.8) is 0 Å². The minimum atomic E-state index is -0.0903. The second-order valence-electron chi connectivity index (χ2n) is 7.98. The van der Waals surface area contributed by atoms with Crippen LogP contribution >= 0.6 is 23.2 Å². The molecule has 2 atom stereocenters. The molecule has 0 radical (unpaired) electrons. The number of halogens is 2. The van der Waals surface area contributed by atoms with Gasteiger partial charge in [-0.1, -0.05) is 29.3 Å². The first kappa shape index (κ1) is 22.1. The summed E-state index contributed by atoms with van der Waals surface area (Å²) in [5.41, 5.74) is 0.814. The fraction of sp³-hybridized carbons (Fsp3) is 0.545. The van der Waals surface area contributed by atoms with Gasteiger partial charge >= 0.3 is 0 Å². The topological polar surface area (TPSA) is 43.9 Å². The van der Waals surface area contributed by atoms with Crippen LogP contribution in [-0.2, 0) is 9.59 Å². The van der Waals surface area contributed by atoms with Crippen molar-refractivity contribution in [1.82, 2.24) is 14.7 Å². The molecule has 3 rings (SSSR count). The summed E-state index contributed by atoms with van der Waals surface area (Å²) < 4.78 is 0. The zero-order chi connectivity index (χ0) is 21.0. The lowest BCUT2D eigenvalue weighted by atomic mass is 10.2. The Morgan fingerprint density at radius 2 is 1.79 bits per heavy atom. The van der Waals surface area contributed by atoms with E-state index in [-0.39, 0.29) is 11.8 Å². The minimum absolute atomic E-state index is 0.0903. The average molecular weight is 438 g/mol. The lowest BCUT2D eigenvalue weighted by Crippen LogP contribution is -2.42. The molecule has 0 unspecified atom stereocenters. The van der Waals surface area contributed by atoms with E-state index in [9.17, 15) is 9.59 Å². The maximum atomic E-state index is 12.6. The standard InChI is InChI=1S/C22H29Cl2N3O2/c1-16-3-4-17(2)27(16)14-13-26-12-11-25(10-9-22(26)29)21(28)8-6-18-5-7-19(23)20(24)15-18/h5-8,15-17H,3-4,9-14H2,1-2H3/b8-6+/t16-,17-/m0/s1. The molecule has 2 heterocycles. The SMILES string of the molecule is C[C@H]1CC[C@H](C)N1CCN1CCN(C(=O)/C=C/c2ccc(Cl)c(Cl)c2)CCC1=O. The summed E-state index contributed by atoms with van der Waals surface area (Å²) in [5.74, 6) is 0.0424. The van der Waals surface area contributed by atoms with E-state index < -0.39 is 0 Å². The number of nitrogens with zero attached hydrogens (tertiary/aromatic N) is 3. The number of amides is 2. The minimum Gasteiger partial charge on any atom is -0.340 e. The molecule has 29 heavy (non-hydrogen) atoms. The van der Waals surface area contributed by atoms with Gasteiger partial charge in [-0.15, -0.1) is 0 Å². The number of rotatable bonds is 5. The fourth-order valence-electron chi connectivity index (χ4n) is 4.14. The summed E-state index contributed by atoms with van der Waals surface area (Å²) in [6, 6.07) is 6.40. The Bertz CT molecular complexity index is 773. The Balaban J connectivity index is 1.53. The van der Waals surface area contributed by atoms with E-state index in [2.05, 4.69) is 18.7 Å². The molecule has 2 amide bonds. The zero-order valence-corrected chi connectivity index (χ0v) is 18.6. The fourth-order valence-corrected chi connectivity index (χ4v) is 4.44. The highest BCUT2D eigenvalue weighted by Gasteiger charge is 2.29. The van der Waals surface area contributed by atoms with Crippen molar-refractivity contribution in [2.24, 2.45) is 0 Å². The van der Waals surface area contributed by atoms with Gasteiger partial charge in [-0.3, -0.25) is 14.5 Å². The third kappa shape index (κ3) is 5.74. The van der Waals surface area contributed by atoms with Gasteiger partial charge in [0.05, 0.1) is 10.0 Å². The third-order valence-corrected chi connectivity index (χ3v) is 6.76. The predicted molar refractivity (Wildman–Crippen MR) is 118 cm³/mol. The van der Waals surface area contributed by atoms with E-state index >= 15 is 0 Å². The van der Waals surface area contributed by atoms with Gasteiger partial charge in [0.1, 0.15) is 0 Å². The number of carbonyl (C=O) groups is 2. The predicted octanol–water partition coefficient (Wildman–Crippen LogP) is 3.94. The van der Waals surface area contributed by atoms with E-state index in [0.29, 0.717) is 48.2 Å². The van der Waals surface area contributed by atoms with Crippen LogP contribution < -0.4 is 0 Å². The maximum absolute atomic E-state index is 12.6. The molecule has 0 N–H and O–H groups in total. The highest BCUT2D eigenvalue weighted by atomic mass is 35.5. The van der Waals surface area contributed by atoms with E-state index in [1.165, 1.54) is 18.9 Å². The van der Waals surface area contributed by atoms with Crippen molar-refractivity contribution in [3.8, 4) is 0 Å². The number of hydrogen-bond acceptors (Lipinski definition) is 3. The molecule has 0 spiro atoms. The van der Waals surface area contributed by atoms with Gasteiger partial charge in [0.25, 0.3) is 0 Å². The second-order valence-corrected chi connectivity index (χ2v) is 8.79. The highest BCUT2D eigenvalue weighted by Crippen LogP contribution is 2.24. The smallest absolute Gasteiger partial charge is 0.246 e. The molecular formula is C22H29Cl2N3O2. The number of hydrogen-bond donors (Lipinski definition) is 0. The van der Waals surface area contributed by atoms with Gasteiger partial charge in [-0.05, 0) is 50.5 Å². The van der Waals surface area contributed by atoms with Crippen LogP contribution in [0.3, 0.4) is 0 Å². The maximum Gasteiger partial charge on any atom is 0.246 e. The molecule has 0 aromatic heterocycles. The summed E-state index contributed by atoms with van der Waals surface area (Å²) in [4.78, 5) is 31.2. The quantitative estimate of drug-likeness (QED) is 0.655. The first-order valence-corrected chi connectivity index (χ1v) is 11.1. The van der Waals surface area contributed by atoms with E-state index in [0.717, 1.165) is 18.7 Å². The molecule has 2 aliphatic rings. The molecular weight excluding hydrogens is 409 g/mol. The largest absolute Gasteiger partial charge is 0.340 e. The molecule has 0 saturated carbocycles. The number of carbonyl (C=O) groups excluding carboxylic acids is 2. The normalized spacial score (nSPS) is 23.8. The van der Waals surface area contributed by atoms with Gasteiger partial charge in [0.2, 0.25) is 11.8 Å². The molecule has 158 valence electrons. The summed E-state index contributed by atoms with van der Waals surface area (Å²) in [7, 11) is 0. The monoisotopic (exact) mass is 437 g/mol. The van der Waals surface area contributed by atoms with E-state index in [1.54, 1.807) is 23.1 Å². The summed E-state index contributed by atoms with van der Waals surface area (Å²) in [6.45, 7) is 7.75. The van der Waals surface area contributed by atoms with Crippen molar-refractivity contribution >= 4 is 41.1 Å². The molecule has 1 aromatic rings. The Kier molecular flexibility index (Phi) is 7.60. The Morgan fingerprint density at radius 3 is 2.48 bits per heavy atom. The summed E-state index contributed by atoms with van der Waals surface area (Å²) >= 11 is 11.9. The number of benzene rings is 1. The van der Waals surface area contributed by atoms with Crippen LogP contribution in [0, 0.1) is 0 Å². The van der Waals surface area contributed by atoms with Crippen LogP contribution in [0.25, 0.3) is 6.08 Å². The van der Waals surface area contributed by atoms with Crippen molar-refractivity contribution in [2.45, 2.75) is 45.2 Å². The van der Waals surface area contributed by atoms with Crippen molar-refractivity contribution < 1.29 is 9.59 Å². The lowest BCUT2D eigenvalue weighted by Gasteiger charge is -2.29. The molecule has 0 aliphatic carbocycles. The molecule has 1 aromatic carbocycles. The van der Waals surface area contributed by atoms with Crippen molar-refractivity contribution in [3.05, 3.63) is 39.9 Å². The molecule has 2 saturated heterocycles. The lowest BCUT2D eigenvalue weighted by molar-refractivity contribution is -0.130. The highest BCUT2D eigenvalue weighted by molar-refractivity contribution is 6.42. The van der Waals surface area contributed by atoms with Gasteiger partial charge < -0.3 is 9.80 Å². The van der Waals surface area contributed by atoms with Crippen LogP contribution in [-0.4, -0.2) is 71.3 Å². The average Bonchev–Trinajstić information content (AvgIpc) is 2.90. The van der Waals surface area contributed by atoms with Crippen molar-refractivity contribution in [1.29, 1.82) is 0 Å². The molecule has 2 fully saturated rings. The van der Waals surface area contributed by atoms with E-state index in [4.69, 9.17) is 23.2 Å². The van der Waals surface area contributed by atoms with Crippen LogP contribution in [0.2, 0.25) is 10.0 Å². The molecule has 0 bridgehead atoms. The molecule has 2 aliphatic heterocycles. The van der Waals surface area contributed by atoms with Crippen LogP contribution in [0.1, 0.15) is 38.7 Å². The third-order valence-electron chi connectivity index (χ3n) is 6.02.